The van der Waals surface area contributed by atoms with Crippen LogP contribution in [-0.2, 0) is 0 Å². The summed E-state index contributed by atoms with van der Waals surface area (Å²) in [6, 6.07) is 0. The molecule has 0 N–H and O–H groups in total. The average Bonchev–Trinajstić information content (AvgIpc) is 1.68. The van der Waals surface area contributed by atoms with Crippen LogP contribution in [0, 0.1) is 0 Å². The van der Waals surface area contributed by atoms with Gasteiger partial charge < -0.3 is 0 Å². The van der Waals surface area contributed by atoms with Crippen LogP contribution in [0.15, 0.2) is 3.21 Å². The number of hydrogen-bond donors (Lipinski definition) is 0. The van der Waals surface area contributed by atoms with E-state index in [1.54, 1.807) is 0 Å². The molecule has 0 aromatic carbocycles. The monoisotopic (exact) mass is 324 g/mol. The van der Waals surface area contributed by atoms with Crippen molar-refractivity contribution in [2.75, 3.05) is 0 Å². The second kappa shape index (κ2) is 5.27. The molecule has 0 unspecified atom stereocenters. The first-order valence-corrected chi connectivity index (χ1v) is 9.35. The SMILES string of the molecule is CCC(C)=N[I-]I. The first-order valence-electron chi connectivity index (χ1n) is 2.10. The maximum absolute atomic E-state index is 4.26. The third-order valence-electron chi connectivity index (χ3n) is 0.688. The molecule has 0 bridgehead atoms. The van der Waals surface area contributed by atoms with Gasteiger partial charge in [0.25, 0.3) is 0 Å². The van der Waals surface area contributed by atoms with Gasteiger partial charge in [0.1, 0.15) is 0 Å². The fraction of sp³-hybridized carbons (Fsp3) is 0.750. The van der Waals surface area contributed by atoms with Crippen LogP contribution in [0.3, 0.4) is 0 Å². The van der Waals surface area contributed by atoms with Crippen LogP contribution < -0.4 is 17.5 Å². The van der Waals surface area contributed by atoms with Gasteiger partial charge in [-0.2, -0.15) is 0 Å². The Morgan fingerprint density at radius 1 is 1.86 bits per heavy atom. The van der Waals surface area contributed by atoms with Crippen LogP contribution >= 0.6 is 18.6 Å². The van der Waals surface area contributed by atoms with Crippen molar-refractivity contribution in [1.29, 1.82) is 0 Å². The van der Waals surface area contributed by atoms with Gasteiger partial charge >= 0.3 is 65.3 Å². The van der Waals surface area contributed by atoms with Crippen LogP contribution in [0.5, 0.6) is 0 Å². The van der Waals surface area contributed by atoms with Crippen molar-refractivity contribution >= 4 is 24.3 Å². The topological polar surface area (TPSA) is 12.4 Å². The third-order valence-corrected chi connectivity index (χ3v) is 2.92. The molecule has 0 aliphatic carbocycles. The predicted octanol–water partition coefficient (Wildman–Crippen LogP) is -0.789. The van der Waals surface area contributed by atoms with Gasteiger partial charge in [-0.25, -0.2) is 0 Å². The van der Waals surface area contributed by atoms with E-state index in [4.69, 9.17) is 0 Å². The number of nitrogens with zero attached hydrogens (tertiary/aromatic N) is 1. The minimum absolute atomic E-state index is 0.119. The van der Waals surface area contributed by atoms with E-state index in [2.05, 4.69) is 35.7 Å². The van der Waals surface area contributed by atoms with Gasteiger partial charge in [-0.3, -0.25) is 0 Å². The van der Waals surface area contributed by atoms with Crippen LogP contribution in [0.25, 0.3) is 0 Å². The summed E-state index contributed by atoms with van der Waals surface area (Å²) < 4.78 is 4.26. The van der Waals surface area contributed by atoms with Crippen molar-refractivity contribution in [3.8, 4) is 0 Å². The Bertz CT molecular complexity index is 70.1. The van der Waals surface area contributed by atoms with E-state index in [0.717, 1.165) is 6.42 Å². The zero-order valence-electron chi connectivity index (χ0n) is 4.41. The van der Waals surface area contributed by atoms with Gasteiger partial charge in [0.05, 0.1) is 0 Å². The number of halogens is 2. The van der Waals surface area contributed by atoms with E-state index in [9.17, 15) is 0 Å². The van der Waals surface area contributed by atoms with Crippen LogP contribution in [-0.4, -0.2) is 5.71 Å². The van der Waals surface area contributed by atoms with Gasteiger partial charge in [0, 0.05) is 0 Å². The molecule has 0 aromatic heterocycles. The van der Waals surface area contributed by atoms with Gasteiger partial charge in [-0.1, -0.05) is 0 Å². The molecule has 0 spiro atoms. The molecule has 0 aromatic rings. The van der Waals surface area contributed by atoms with E-state index in [0.29, 0.717) is 0 Å². The van der Waals surface area contributed by atoms with E-state index in [1.807, 2.05) is 0 Å². The number of rotatable bonds is 2. The van der Waals surface area contributed by atoms with Crippen molar-refractivity contribution < 1.29 is 17.5 Å². The summed E-state index contributed by atoms with van der Waals surface area (Å²) in [5.74, 6) is 0. The molecular weight excluding hydrogens is 316 g/mol. The zero-order chi connectivity index (χ0) is 5.70. The summed E-state index contributed by atoms with van der Waals surface area (Å²) in [5, 5.41) is 0. The van der Waals surface area contributed by atoms with Crippen LogP contribution in [0.2, 0.25) is 0 Å². The van der Waals surface area contributed by atoms with Crippen molar-refractivity contribution in [2.45, 2.75) is 20.3 Å². The second-order valence-electron chi connectivity index (χ2n) is 1.24. The molecule has 0 amide bonds. The zero-order valence-corrected chi connectivity index (χ0v) is 8.73. The van der Waals surface area contributed by atoms with Crippen molar-refractivity contribution in [3.05, 3.63) is 0 Å². The van der Waals surface area contributed by atoms with Crippen molar-refractivity contribution in [2.24, 2.45) is 3.21 Å². The summed E-state index contributed by atoms with van der Waals surface area (Å²) in [7, 11) is 0. The fourth-order valence-electron chi connectivity index (χ4n) is 0.114. The van der Waals surface area contributed by atoms with Crippen molar-refractivity contribution in [1.82, 2.24) is 0 Å². The normalized spacial score (nSPS) is 12.7. The standard InChI is InChI=1S/C4H8I2N/c1-3-4(2)7-6-5/h3H2,1-2H3/q-1. The average molecular weight is 324 g/mol. The molecule has 44 valence electrons. The Labute approximate surface area is 64.8 Å². The van der Waals surface area contributed by atoms with Crippen molar-refractivity contribution in [3.63, 3.8) is 0 Å². The molecule has 0 heterocycles. The molecule has 0 aliphatic rings. The summed E-state index contributed by atoms with van der Waals surface area (Å²) in [5.41, 5.74) is 1.29. The molecule has 0 atom stereocenters. The fourth-order valence-corrected chi connectivity index (χ4v) is 2.85. The number of hydrogen-bond acceptors (Lipinski definition) is 1. The molecule has 0 radical (unpaired) electrons. The Morgan fingerprint density at radius 3 is 2.57 bits per heavy atom. The molecule has 0 rings (SSSR count). The summed E-state index contributed by atoms with van der Waals surface area (Å²) in [6.07, 6.45) is 1.11. The van der Waals surface area contributed by atoms with Crippen LogP contribution in [0.1, 0.15) is 20.3 Å². The summed E-state index contributed by atoms with van der Waals surface area (Å²) in [6.45, 7) is 4.22. The first-order chi connectivity index (χ1) is 3.31. The second-order valence-corrected chi connectivity index (χ2v) is 4.53. The maximum atomic E-state index is 4.26. The first kappa shape index (κ1) is 8.13. The summed E-state index contributed by atoms with van der Waals surface area (Å²) >= 11 is 2.47. The molecule has 1 nitrogen and oxygen atoms in total. The molecule has 0 saturated carbocycles. The predicted molar refractivity (Wildman–Crippen MR) is 37.4 cm³/mol. The van der Waals surface area contributed by atoms with E-state index in [1.165, 1.54) is 5.71 Å². The molecular formula is C4H8I2N-. The quantitative estimate of drug-likeness (QED) is 0.467. The van der Waals surface area contributed by atoms with Gasteiger partial charge in [0.15, 0.2) is 0 Å². The molecule has 0 saturated heterocycles. The van der Waals surface area contributed by atoms with Gasteiger partial charge in [-0.15, -0.1) is 0 Å². The molecule has 7 heavy (non-hydrogen) atoms. The Balaban J connectivity index is 3.29. The Kier molecular flexibility index (Phi) is 6.12. The van der Waals surface area contributed by atoms with E-state index in [-0.39, 0.29) is 17.5 Å². The Hall–Kier alpha value is 1.13. The summed E-state index contributed by atoms with van der Waals surface area (Å²) in [4.78, 5) is 0. The molecule has 3 heteroatoms. The Morgan fingerprint density at radius 2 is 2.43 bits per heavy atom. The third kappa shape index (κ3) is 4.99. The van der Waals surface area contributed by atoms with E-state index >= 15 is 0 Å². The minimum atomic E-state index is 0.119. The van der Waals surface area contributed by atoms with Gasteiger partial charge in [0.2, 0.25) is 0 Å². The van der Waals surface area contributed by atoms with Crippen LogP contribution in [0.4, 0.5) is 0 Å². The van der Waals surface area contributed by atoms with Gasteiger partial charge in [-0.05, 0) is 0 Å². The molecule has 0 fully saturated rings. The van der Waals surface area contributed by atoms with E-state index < -0.39 is 0 Å². The molecule has 0 aliphatic heterocycles.